The van der Waals surface area contributed by atoms with Crippen LogP contribution in [-0.2, 0) is 0 Å². The van der Waals surface area contributed by atoms with Crippen LogP contribution >= 0.6 is 15.9 Å². The molecule has 0 atom stereocenters. The lowest BCUT2D eigenvalue weighted by Crippen LogP contribution is -2.04. The molecule has 0 unspecified atom stereocenters. The highest BCUT2D eigenvalue weighted by molar-refractivity contribution is 9.10. The molecule has 0 fully saturated rings. The average Bonchev–Trinajstić information content (AvgIpc) is 2.28. The van der Waals surface area contributed by atoms with Gasteiger partial charge < -0.3 is 10.4 Å². The highest BCUT2D eigenvalue weighted by Gasteiger charge is 2.11. The van der Waals surface area contributed by atoms with E-state index in [-0.39, 0.29) is 5.56 Å². The van der Waals surface area contributed by atoms with Crippen LogP contribution in [0.1, 0.15) is 16.1 Å². The summed E-state index contributed by atoms with van der Waals surface area (Å²) in [6, 6.07) is 9.24. The molecule has 0 aliphatic heterocycles. The van der Waals surface area contributed by atoms with E-state index in [1.807, 2.05) is 31.2 Å². The maximum Gasteiger partial charge on any atom is 0.339 e. The van der Waals surface area contributed by atoms with E-state index >= 15 is 0 Å². The minimum absolute atomic E-state index is 0.153. The molecule has 2 rings (SSSR count). The summed E-state index contributed by atoms with van der Waals surface area (Å²) < 4.78 is 0.926. The number of carboxylic acids is 1. The summed E-state index contributed by atoms with van der Waals surface area (Å²) in [5.41, 5.74) is 2.27. The van der Waals surface area contributed by atoms with Gasteiger partial charge in [-0.1, -0.05) is 22.0 Å². The molecule has 0 aliphatic carbocycles. The van der Waals surface area contributed by atoms with E-state index in [0.717, 1.165) is 15.9 Å². The number of anilines is 2. The molecule has 0 saturated heterocycles. The first-order valence-corrected chi connectivity index (χ1v) is 6.08. The third-order valence-corrected chi connectivity index (χ3v) is 2.87. The molecule has 0 bridgehead atoms. The maximum atomic E-state index is 11.1. The second-order valence-corrected chi connectivity index (χ2v) is 4.73. The molecule has 5 heteroatoms. The first kappa shape index (κ1) is 12.6. The van der Waals surface area contributed by atoms with Gasteiger partial charge in [0.2, 0.25) is 0 Å². The molecule has 1 heterocycles. The highest BCUT2D eigenvalue weighted by atomic mass is 79.9. The van der Waals surface area contributed by atoms with Crippen LogP contribution in [0, 0.1) is 6.92 Å². The van der Waals surface area contributed by atoms with E-state index < -0.39 is 5.97 Å². The molecule has 1 aromatic carbocycles. The summed E-state index contributed by atoms with van der Waals surface area (Å²) in [5, 5.41) is 12.2. The number of aryl methyl sites for hydroxylation is 1. The van der Waals surface area contributed by atoms with Gasteiger partial charge >= 0.3 is 5.97 Å². The first-order chi connectivity index (χ1) is 8.56. The van der Waals surface area contributed by atoms with Crippen molar-refractivity contribution in [2.45, 2.75) is 6.92 Å². The van der Waals surface area contributed by atoms with Crippen LogP contribution in [0.5, 0.6) is 0 Å². The topological polar surface area (TPSA) is 62.2 Å². The fraction of sp³-hybridized carbons (Fsp3) is 0.0769. The Bertz CT molecular complexity index is 599. The smallest absolute Gasteiger partial charge is 0.339 e. The summed E-state index contributed by atoms with van der Waals surface area (Å²) in [7, 11) is 0. The van der Waals surface area contributed by atoms with E-state index in [1.165, 1.54) is 6.20 Å². The summed E-state index contributed by atoms with van der Waals surface area (Å²) >= 11 is 3.37. The van der Waals surface area contributed by atoms with Crippen LogP contribution in [0.25, 0.3) is 0 Å². The maximum absolute atomic E-state index is 11.1. The van der Waals surface area contributed by atoms with Crippen molar-refractivity contribution in [3.8, 4) is 0 Å². The van der Waals surface area contributed by atoms with E-state index in [0.29, 0.717) is 5.69 Å². The Morgan fingerprint density at radius 1 is 1.39 bits per heavy atom. The molecule has 1 aromatic heterocycles. The second kappa shape index (κ2) is 5.18. The van der Waals surface area contributed by atoms with Crippen molar-refractivity contribution >= 4 is 33.3 Å². The molecule has 4 nitrogen and oxygen atoms in total. The van der Waals surface area contributed by atoms with Crippen LogP contribution in [0.15, 0.2) is 41.0 Å². The van der Waals surface area contributed by atoms with Crippen LogP contribution in [0.2, 0.25) is 0 Å². The van der Waals surface area contributed by atoms with Crippen molar-refractivity contribution in [3.63, 3.8) is 0 Å². The van der Waals surface area contributed by atoms with E-state index in [2.05, 4.69) is 26.2 Å². The van der Waals surface area contributed by atoms with Crippen LogP contribution in [-0.4, -0.2) is 16.1 Å². The Morgan fingerprint density at radius 3 is 2.83 bits per heavy atom. The zero-order valence-electron chi connectivity index (χ0n) is 9.64. The number of carbonyl (C=O) groups is 1. The monoisotopic (exact) mass is 306 g/mol. The predicted octanol–water partition coefficient (Wildman–Crippen LogP) is 3.59. The molecule has 0 saturated carbocycles. The first-order valence-electron chi connectivity index (χ1n) is 5.29. The van der Waals surface area contributed by atoms with Crippen LogP contribution in [0.4, 0.5) is 11.4 Å². The van der Waals surface area contributed by atoms with Gasteiger partial charge in [0.1, 0.15) is 5.56 Å². The number of pyridine rings is 1. The number of aromatic carboxylic acids is 1. The Balaban J connectivity index is 2.39. The minimum Gasteiger partial charge on any atom is -0.478 e. The van der Waals surface area contributed by atoms with Gasteiger partial charge in [-0.25, -0.2) is 4.79 Å². The van der Waals surface area contributed by atoms with Crippen molar-refractivity contribution in [1.29, 1.82) is 0 Å². The summed E-state index contributed by atoms with van der Waals surface area (Å²) in [6.45, 7) is 1.82. The Kier molecular flexibility index (Phi) is 3.62. The molecule has 92 valence electrons. The van der Waals surface area contributed by atoms with Crippen molar-refractivity contribution in [2.75, 3.05) is 5.32 Å². The zero-order valence-corrected chi connectivity index (χ0v) is 11.2. The SMILES string of the molecule is Cc1cc(Nc2cccc(Br)c2)c(C(=O)O)cn1. The lowest BCUT2D eigenvalue weighted by atomic mass is 10.2. The molecule has 2 aromatic rings. The van der Waals surface area contributed by atoms with Gasteiger partial charge in [-0.15, -0.1) is 0 Å². The van der Waals surface area contributed by atoms with Crippen molar-refractivity contribution in [3.05, 3.63) is 52.3 Å². The second-order valence-electron chi connectivity index (χ2n) is 3.81. The number of hydrogen-bond donors (Lipinski definition) is 2. The molecule has 0 radical (unpaired) electrons. The van der Waals surface area contributed by atoms with Gasteiger partial charge in [0.25, 0.3) is 0 Å². The predicted molar refractivity (Wildman–Crippen MR) is 73.4 cm³/mol. The number of carboxylic acid groups (broad SMARTS) is 1. The Morgan fingerprint density at radius 2 is 2.17 bits per heavy atom. The number of hydrogen-bond acceptors (Lipinski definition) is 3. The lowest BCUT2D eigenvalue weighted by molar-refractivity contribution is 0.0697. The Labute approximate surface area is 113 Å². The largest absolute Gasteiger partial charge is 0.478 e. The van der Waals surface area contributed by atoms with Gasteiger partial charge in [-0.3, -0.25) is 4.98 Å². The standard InChI is InChI=1S/C13H11BrN2O2/c1-8-5-12(11(7-15-8)13(17)18)16-10-4-2-3-9(14)6-10/h2-7H,1H3,(H,15,16)(H,17,18). The van der Waals surface area contributed by atoms with Gasteiger partial charge in [0.15, 0.2) is 0 Å². The average molecular weight is 307 g/mol. The zero-order chi connectivity index (χ0) is 13.1. The van der Waals surface area contributed by atoms with Gasteiger partial charge in [-0.2, -0.15) is 0 Å². The van der Waals surface area contributed by atoms with Crippen molar-refractivity contribution < 1.29 is 9.90 Å². The van der Waals surface area contributed by atoms with Crippen molar-refractivity contribution in [2.24, 2.45) is 0 Å². The van der Waals surface area contributed by atoms with E-state index in [1.54, 1.807) is 6.07 Å². The lowest BCUT2D eigenvalue weighted by Gasteiger charge is -2.10. The van der Waals surface area contributed by atoms with E-state index in [4.69, 9.17) is 5.11 Å². The molecule has 2 N–H and O–H groups in total. The summed E-state index contributed by atoms with van der Waals surface area (Å²) in [4.78, 5) is 15.1. The minimum atomic E-state index is -1.00. The number of rotatable bonds is 3. The summed E-state index contributed by atoms with van der Waals surface area (Å²) in [6.07, 6.45) is 1.36. The number of nitrogens with one attached hydrogen (secondary N) is 1. The number of nitrogens with zero attached hydrogens (tertiary/aromatic N) is 1. The van der Waals surface area contributed by atoms with Gasteiger partial charge in [0, 0.05) is 22.1 Å². The quantitative estimate of drug-likeness (QED) is 0.909. The molecule has 0 amide bonds. The number of halogens is 1. The normalized spacial score (nSPS) is 10.1. The molecular formula is C13H11BrN2O2. The fourth-order valence-electron chi connectivity index (χ4n) is 1.56. The third-order valence-electron chi connectivity index (χ3n) is 2.37. The Hall–Kier alpha value is -1.88. The molecule has 18 heavy (non-hydrogen) atoms. The molecule has 0 spiro atoms. The van der Waals surface area contributed by atoms with Crippen LogP contribution < -0.4 is 5.32 Å². The van der Waals surface area contributed by atoms with E-state index in [9.17, 15) is 4.79 Å². The third kappa shape index (κ3) is 2.87. The number of benzene rings is 1. The van der Waals surface area contributed by atoms with Crippen molar-refractivity contribution in [1.82, 2.24) is 4.98 Å². The number of aromatic nitrogens is 1. The fourth-order valence-corrected chi connectivity index (χ4v) is 1.95. The summed E-state index contributed by atoms with van der Waals surface area (Å²) in [5.74, 6) is -1.00. The van der Waals surface area contributed by atoms with Gasteiger partial charge in [0.05, 0.1) is 5.69 Å². The molecule has 0 aliphatic rings. The molecular weight excluding hydrogens is 296 g/mol. The highest BCUT2D eigenvalue weighted by Crippen LogP contribution is 2.23. The van der Waals surface area contributed by atoms with Gasteiger partial charge in [-0.05, 0) is 31.2 Å². The van der Waals surface area contributed by atoms with Crippen LogP contribution in [0.3, 0.4) is 0 Å².